The topological polar surface area (TPSA) is 546 Å². The Labute approximate surface area is 455 Å². The molecular formula is C43H70O35S2. The molecule has 464 valence electrons. The highest BCUT2D eigenvalue weighted by Gasteiger charge is 2.54. The molecule has 0 bridgehead atoms. The number of carbonyl (C=O) groups is 2. The smallest absolute Gasteiger partial charge is 0.397 e. The average molecular weight is 1210 g/mol. The second-order valence-corrected chi connectivity index (χ2v) is 22.1. The fraction of sp³-hybridized carbons (Fsp3) is 0.907. The van der Waals surface area contributed by atoms with Gasteiger partial charge in [-0.1, -0.05) is 0 Å². The van der Waals surface area contributed by atoms with E-state index in [9.17, 15) is 107 Å². The van der Waals surface area contributed by atoms with Crippen LogP contribution in [-0.2, 0) is 90.9 Å². The molecule has 0 spiro atoms. The number of hydrogen-bond donors (Lipinski definition) is 16. The Morgan fingerprint density at radius 3 is 1.40 bits per heavy atom. The van der Waals surface area contributed by atoms with Crippen LogP contribution in [0, 0.1) is 29.6 Å². The van der Waals surface area contributed by atoms with Crippen LogP contribution in [0.2, 0.25) is 0 Å². The zero-order chi connectivity index (χ0) is 59.5. The molecule has 6 rings (SSSR count). The minimum absolute atomic E-state index is 0.559. The Bertz CT molecular complexity index is 2280. The molecule has 0 saturated carbocycles. The number of aliphatic hydroxyl groups excluding tert-OH is 12. The van der Waals surface area contributed by atoms with Gasteiger partial charge in [0.15, 0.2) is 25.0 Å². The van der Waals surface area contributed by atoms with Crippen LogP contribution in [0.25, 0.3) is 0 Å². The van der Waals surface area contributed by atoms with E-state index in [2.05, 4.69) is 8.37 Å². The molecule has 28 atom stereocenters. The molecular weight excluding hydrogens is 1140 g/mol. The lowest BCUT2D eigenvalue weighted by atomic mass is 9.79. The molecule has 37 heteroatoms. The van der Waals surface area contributed by atoms with E-state index in [1.54, 1.807) is 0 Å². The van der Waals surface area contributed by atoms with Gasteiger partial charge >= 0.3 is 32.7 Å². The molecule has 6 aliphatic heterocycles. The first-order valence-corrected chi connectivity index (χ1v) is 27.6. The van der Waals surface area contributed by atoms with Crippen molar-refractivity contribution >= 4 is 32.7 Å². The third-order valence-corrected chi connectivity index (χ3v) is 15.7. The summed E-state index contributed by atoms with van der Waals surface area (Å²) in [6.45, 7) is -1.63. The van der Waals surface area contributed by atoms with Gasteiger partial charge in [0.1, 0.15) is 67.1 Å². The minimum atomic E-state index is -5.27. The van der Waals surface area contributed by atoms with E-state index < -0.39 is 262 Å². The van der Waals surface area contributed by atoms with Crippen LogP contribution >= 0.6 is 0 Å². The Morgan fingerprint density at radius 1 is 0.475 bits per heavy atom. The van der Waals surface area contributed by atoms with Crippen LogP contribution in [0.3, 0.4) is 0 Å². The summed E-state index contributed by atoms with van der Waals surface area (Å²) in [6.07, 6.45) is -39.3. The molecule has 5 saturated heterocycles. The third kappa shape index (κ3) is 16.0. The van der Waals surface area contributed by atoms with Gasteiger partial charge in [0, 0.05) is 29.6 Å². The van der Waals surface area contributed by atoms with Crippen molar-refractivity contribution < 1.29 is 167 Å². The van der Waals surface area contributed by atoms with Crippen molar-refractivity contribution in [3.05, 3.63) is 11.8 Å². The highest BCUT2D eigenvalue weighted by Crippen LogP contribution is 2.38. The van der Waals surface area contributed by atoms with Crippen molar-refractivity contribution in [2.45, 2.75) is 162 Å². The Morgan fingerprint density at radius 2 is 0.925 bits per heavy atom. The van der Waals surface area contributed by atoms with Crippen molar-refractivity contribution in [2.24, 2.45) is 29.6 Å². The highest BCUT2D eigenvalue weighted by atomic mass is 32.3. The lowest BCUT2D eigenvalue weighted by Crippen LogP contribution is -2.61. The van der Waals surface area contributed by atoms with Gasteiger partial charge in [-0.25, -0.2) is 18.0 Å². The van der Waals surface area contributed by atoms with Crippen molar-refractivity contribution in [1.82, 2.24) is 0 Å². The molecule has 5 fully saturated rings. The summed E-state index contributed by atoms with van der Waals surface area (Å²) in [4.78, 5) is 24.5. The SMILES string of the molecule is CC1OC(CO)[C@H](O)C(CO[C@@H]2OC(C)[C@H](O)C(OS(=O)(=O)O)C2O)C1CO[C@@H]1OC(C(=O)O)[C@H](COC[C@@H]2OC(CO)[C@H](O)C(CO[C@@H]3OC(C)[C@H](O)C(OS(=O)(=O)O)C3O)C2CO[C@@H]2OC(C(=O)O)=CC(O)C2O)C(O)C1O. The fourth-order valence-electron chi connectivity index (χ4n) is 10.3. The molecule has 0 amide bonds. The predicted molar refractivity (Wildman–Crippen MR) is 248 cm³/mol. The van der Waals surface area contributed by atoms with Gasteiger partial charge in [-0.2, -0.15) is 16.8 Å². The van der Waals surface area contributed by atoms with Gasteiger partial charge in [0.25, 0.3) is 0 Å². The Hall–Kier alpha value is -2.66. The second-order valence-electron chi connectivity index (χ2n) is 20.0. The summed E-state index contributed by atoms with van der Waals surface area (Å²) in [5.41, 5.74) is 0. The summed E-state index contributed by atoms with van der Waals surface area (Å²) < 4.78 is 136. The van der Waals surface area contributed by atoms with E-state index in [0.29, 0.717) is 6.08 Å². The first kappa shape index (κ1) is 66.5. The lowest BCUT2D eigenvalue weighted by Gasteiger charge is -2.47. The monoisotopic (exact) mass is 1210 g/mol. The third-order valence-electron chi connectivity index (χ3n) is 14.7. The molecule has 18 unspecified atom stereocenters. The van der Waals surface area contributed by atoms with E-state index in [-0.39, 0.29) is 0 Å². The average Bonchev–Trinajstić information content (AvgIpc) is 3.49. The molecule has 0 radical (unpaired) electrons. The molecule has 0 aromatic heterocycles. The van der Waals surface area contributed by atoms with Gasteiger partial charge in [0.05, 0.1) is 95.6 Å². The molecule has 0 aromatic carbocycles. The van der Waals surface area contributed by atoms with Gasteiger partial charge < -0.3 is 124 Å². The number of carboxylic acid groups (broad SMARTS) is 2. The van der Waals surface area contributed by atoms with Gasteiger partial charge in [0.2, 0.25) is 12.0 Å². The summed E-state index contributed by atoms with van der Waals surface area (Å²) in [6, 6.07) is 0. The van der Waals surface area contributed by atoms with E-state index in [1.807, 2.05) is 0 Å². The van der Waals surface area contributed by atoms with E-state index >= 15 is 0 Å². The molecule has 0 aliphatic carbocycles. The quantitative estimate of drug-likeness (QED) is 0.0399. The van der Waals surface area contributed by atoms with Crippen molar-refractivity contribution in [3.63, 3.8) is 0 Å². The number of carboxylic acids is 2. The van der Waals surface area contributed by atoms with E-state index in [4.69, 9.17) is 52.1 Å². The molecule has 80 heavy (non-hydrogen) atoms. The maximum absolute atomic E-state index is 12.8. The van der Waals surface area contributed by atoms with Crippen LogP contribution in [-0.4, -0.2) is 303 Å². The molecule has 6 aliphatic rings. The summed E-state index contributed by atoms with van der Waals surface area (Å²) in [7, 11) is -10.5. The van der Waals surface area contributed by atoms with Crippen LogP contribution in [0.4, 0.5) is 0 Å². The summed E-state index contributed by atoms with van der Waals surface area (Å²) in [5, 5.41) is 149. The predicted octanol–water partition coefficient (Wildman–Crippen LogP) is -8.70. The molecule has 35 nitrogen and oxygen atoms in total. The van der Waals surface area contributed by atoms with Gasteiger partial charge in [-0.3, -0.25) is 9.11 Å². The first-order valence-electron chi connectivity index (χ1n) is 24.9. The largest absolute Gasteiger partial charge is 0.479 e. The first-order chi connectivity index (χ1) is 37.4. The maximum Gasteiger partial charge on any atom is 0.397 e. The number of aliphatic hydroxyl groups is 12. The van der Waals surface area contributed by atoms with Crippen molar-refractivity contribution in [1.29, 1.82) is 0 Å². The van der Waals surface area contributed by atoms with Crippen molar-refractivity contribution in [2.75, 3.05) is 52.9 Å². The maximum atomic E-state index is 12.8. The molecule has 6 heterocycles. The van der Waals surface area contributed by atoms with Crippen LogP contribution in [0.15, 0.2) is 11.8 Å². The zero-order valence-corrected chi connectivity index (χ0v) is 44.3. The Kier molecular flexibility index (Phi) is 23.3. The molecule has 0 aromatic rings. The van der Waals surface area contributed by atoms with E-state index in [0.717, 1.165) is 0 Å². The normalized spacial score (nSPS) is 44.9. The summed E-state index contributed by atoms with van der Waals surface area (Å²) in [5.74, 6) is -10.6. The number of hydrogen-bond acceptors (Lipinski definition) is 31. The van der Waals surface area contributed by atoms with Crippen LogP contribution in [0.1, 0.15) is 20.8 Å². The van der Waals surface area contributed by atoms with Gasteiger partial charge in [-0.05, 0) is 26.8 Å². The fourth-order valence-corrected chi connectivity index (χ4v) is 11.3. The number of ether oxygens (including phenoxy) is 11. The number of aliphatic carboxylic acids is 2. The number of rotatable bonds is 24. The van der Waals surface area contributed by atoms with Crippen LogP contribution in [0.5, 0.6) is 0 Å². The van der Waals surface area contributed by atoms with Gasteiger partial charge in [-0.15, -0.1) is 0 Å². The highest BCUT2D eigenvalue weighted by molar-refractivity contribution is 7.81. The van der Waals surface area contributed by atoms with Crippen molar-refractivity contribution in [3.8, 4) is 0 Å². The standard InChI is InChI=1S/C43H70O35S2/c1-13-16(18(28(49)23(5-44)71-13)10-69-42-33(54)36(77-79(60,61)62)26(47)14(2)72-42)8-67-41-32(53)30(51)20(35(76-41)39(58)59)7-66-12-25-17(9-68-40-31(52)21(46)4-22(75-40)38(56)57)19(29(50)24(6-45)74-25)11-70-43-34(55)37(78-80(63,64)65)27(48)15(3)73-43/h4,13-21,23-37,40-55H,5-12H2,1-3H3,(H,56,57)(H,58,59)(H,60,61,62)(H,63,64,65)/t13?,14?,15?,16?,17?,18?,19?,20-,21?,23?,24?,25+,26+,27+,28-,29-,30?,31?,32?,33?,34?,35?,36?,37?,40-,41-,42-,43-/m1/s1. The Balaban J connectivity index is 1.16. The summed E-state index contributed by atoms with van der Waals surface area (Å²) >= 11 is 0. The molecule has 16 N–H and O–H groups in total. The zero-order valence-electron chi connectivity index (χ0n) is 42.6. The minimum Gasteiger partial charge on any atom is -0.479 e. The second kappa shape index (κ2) is 28.0. The van der Waals surface area contributed by atoms with E-state index in [1.165, 1.54) is 20.8 Å². The van der Waals surface area contributed by atoms with Crippen LogP contribution < -0.4 is 0 Å². The lowest BCUT2D eigenvalue weighted by molar-refractivity contribution is -0.309.